The van der Waals surface area contributed by atoms with Crippen LogP contribution in [-0.2, 0) is 26.2 Å². The van der Waals surface area contributed by atoms with Crippen molar-refractivity contribution in [3.8, 4) is 5.75 Å². The van der Waals surface area contributed by atoms with E-state index in [4.69, 9.17) is 16.3 Å². The Hall–Kier alpha value is -2.78. The fourth-order valence-electron chi connectivity index (χ4n) is 3.53. The van der Waals surface area contributed by atoms with E-state index >= 15 is 0 Å². The number of methoxy groups -OCH3 is 1. The number of sulfonamides is 1. The molecule has 10 heteroatoms. The van der Waals surface area contributed by atoms with Gasteiger partial charge in [-0.05, 0) is 55.7 Å². The molecule has 0 bridgehead atoms. The van der Waals surface area contributed by atoms with Crippen molar-refractivity contribution < 1.29 is 22.7 Å². The zero-order valence-electron chi connectivity index (χ0n) is 20.8. The van der Waals surface area contributed by atoms with E-state index in [1.54, 1.807) is 48.5 Å². The normalized spacial score (nSPS) is 13.0. The Bertz CT molecular complexity index is 1110. The summed E-state index contributed by atoms with van der Waals surface area (Å²) in [6, 6.07) is 12.6. The molecule has 8 nitrogen and oxygen atoms in total. The number of amides is 2. The van der Waals surface area contributed by atoms with Crippen molar-refractivity contribution in [3.63, 3.8) is 0 Å². The van der Waals surface area contributed by atoms with Crippen LogP contribution in [0.1, 0.15) is 39.2 Å². The van der Waals surface area contributed by atoms with Crippen LogP contribution >= 0.6 is 11.6 Å². The Kier molecular flexibility index (Phi) is 10.4. The minimum Gasteiger partial charge on any atom is -0.497 e. The minimum absolute atomic E-state index is 0.0607. The van der Waals surface area contributed by atoms with Crippen LogP contribution in [0.25, 0.3) is 0 Å². The van der Waals surface area contributed by atoms with Gasteiger partial charge in [-0.1, -0.05) is 43.6 Å². The van der Waals surface area contributed by atoms with E-state index in [1.807, 2.05) is 20.8 Å². The topological polar surface area (TPSA) is 96.0 Å². The molecule has 2 atom stereocenters. The van der Waals surface area contributed by atoms with Crippen LogP contribution in [0.15, 0.2) is 48.5 Å². The molecule has 0 aliphatic carbocycles. The summed E-state index contributed by atoms with van der Waals surface area (Å²) in [5, 5.41) is 3.39. The van der Waals surface area contributed by atoms with E-state index in [0.29, 0.717) is 28.4 Å². The van der Waals surface area contributed by atoms with Crippen molar-refractivity contribution in [2.24, 2.45) is 0 Å². The number of carbonyl (C=O) groups is 2. The fourth-order valence-corrected chi connectivity index (χ4v) is 4.58. The molecule has 192 valence electrons. The molecule has 2 aromatic carbocycles. The van der Waals surface area contributed by atoms with Crippen molar-refractivity contribution in [2.75, 3.05) is 24.2 Å². The van der Waals surface area contributed by atoms with Gasteiger partial charge in [0.15, 0.2) is 0 Å². The third-order valence-electron chi connectivity index (χ3n) is 5.73. The van der Waals surface area contributed by atoms with Crippen molar-refractivity contribution in [3.05, 3.63) is 59.1 Å². The first kappa shape index (κ1) is 28.5. The van der Waals surface area contributed by atoms with Gasteiger partial charge in [-0.3, -0.25) is 13.9 Å². The van der Waals surface area contributed by atoms with Crippen molar-refractivity contribution in [2.45, 2.75) is 52.2 Å². The SMILES string of the molecule is CC[C@H](C)NC(=O)[C@H](CC)N(Cc1ccccc1Cl)C(=O)CN(c1ccc(OC)cc1)S(C)(=O)=O. The standard InChI is InChI=1S/C25H34ClN3O5S/c1-6-18(3)27-25(31)23(7-2)28(16-19-10-8-9-11-22(19)26)24(30)17-29(35(5,32)33)20-12-14-21(34-4)15-13-20/h8-15,18,23H,6-7,16-17H2,1-5H3,(H,27,31)/t18-,23-/m0/s1. The number of carbonyl (C=O) groups excluding carboxylic acids is 2. The van der Waals surface area contributed by atoms with Crippen LogP contribution in [0.5, 0.6) is 5.75 Å². The average Bonchev–Trinajstić information content (AvgIpc) is 2.82. The lowest BCUT2D eigenvalue weighted by Crippen LogP contribution is -2.53. The van der Waals surface area contributed by atoms with Crippen molar-refractivity contribution >= 4 is 39.1 Å². The second-order valence-corrected chi connectivity index (χ2v) is 10.6. The molecule has 35 heavy (non-hydrogen) atoms. The van der Waals surface area contributed by atoms with Gasteiger partial charge in [0.1, 0.15) is 18.3 Å². The summed E-state index contributed by atoms with van der Waals surface area (Å²) in [5.41, 5.74) is 0.976. The van der Waals surface area contributed by atoms with Gasteiger partial charge < -0.3 is 15.0 Å². The van der Waals surface area contributed by atoms with Gasteiger partial charge in [-0.2, -0.15) is 0 Å². The number of ether oxygens (including phenoxy) is 1. The molecule has 0 aliphatic rings. The highest BCUT2D eigenvalue weighted by molar-refractivity contribution is 7.92. The van der Waals surface area contributed by atoms with E-state index in [-0.39, 0.29) is 18.5 Å². The molecule has 0 aliphatic heterocycles. The first-order chi connectivity index (χ1) is 16.5. The van der Waals surface area contributed by atoms with E-state index in [1.165, 1.54) is 12.0 Å². The Morgan fingerprint density at radius 1 is 1.06 bits per heavy atom. The maximum Gasteiger partial charge on any atom is 0.244 e. The van der Waals surface area contributed by atoms with Crippen molar-refractivity contribution in [1.82, 2.24) is 10.2 Å². The first-order valence-electron chi connectivity index (χ1n) is 11.5. The predicted octanol–water partition coefficient (Wildman–Crippen LogP) is 3.84. The molecule has 0 saturated heterocycles. The van der Waals surface area contributed by atoms with Crippen LogP contribution in [0.4, 0.5) is 5.69 Å². The third-order valence-corrected chi connectivity index (χ3v) is 7.23. The molecule has 0 heterocycles. The van der Waals surface area contributed by atoms with Crippen LogP contribution in [0, 0.1) is 0 Å². The molecule has 1 N–H and O–H groups in total. The number of hydrogen-bond donors (Lipinski definition) is 1. The maximum absolute atomic E-state index is 13.6. The van der Waals surface area contributed by atoms with Gasteiger partial charge >= 0.3 is 0 Å². The highest BCUT2D eigenvalue weighted by atomic mass is 35.5. The zero-order chi connectivity index (χ0) is 26.2. The maximum atomic E-state index is 13.6. The van der Waals surface area contributed by atoms with E-state index in [0.717, 1.165) is 17.0 Å². The largest absolute Gasteiger partial charge is 0.497 e. The van der Waals surface area contributed by atoms with Crippen LogP contribution < -0.4 is 14.4 Å². The molecular weight excluding hydrogens is 490 g/mol. The Morgan fingerprint density at radius 3 is 2.20 bits per heavy atom. The predicted molar refractivity (Wildman–Crippen MR) is 139 cm³/mol. The number of nitrogens with one attached hydrogen (secondary N) is 1. The molecule has 2 aromatic rings. The average molecular weight is 524 g/mol. The first-order valence-corrected chi connectivity index (χ1v) is 13.7. The molecule has 0 aromatic heterocycles. The number of anilines is 1. The van der Waals surface area contributed by atoms with E-state index in [2.05, 4.69) is 5.32 Å². The summed E-state index contributed by atoms with van der Waals surface area (Å²) in [6.07, 6.45) is 2.12. The van der Waals surface area contributed by atoms with Gasteiger partial charge in [-0.15, -0.1) is 0 Å². The number of benzene rings is 2. The van der Waals surface area contributed by atoms with Crippen LogP contribution in [0.3, 0.4) is 0 Å². The monoisotopic (exact) mass is 523 g/mol. The molecule has 2 amide bonds. The molecule has 0 fully saturated rings. The Labute approximate surface area is 213 Å². The molecule has 0 radical (unpaired) electrons. The minimum atomic E-state index is -3.80. The summed E-state index contributed by atoms with van der Waals surface area (Å²) in [7, 11) is -2.30. The molecular formula is C25H34ClN3O5S. The van der Waals surface area contributed by atoms with E-state index in [9.17, 15) is 18.0 Å². The lowest BCUT2D eigenvalue weighted by molar-refractivity contribution is -0.140. The smallest absolute Gasteiger partial charge is 0.244 e. The Morgan fingerprint density at radius 2 is 1.69 bits per heavy atom. The molecule has 0 unspecified atom stereocenters. The highest BCUT2D eigenvalue weighted by Crippen LogP contribution is 2.24. The zero-order valence-corrected chi connectivity index (χ0v) is 22.4. The molecule has 0 spiro atoms. The van der Waals surface area contributed by atoms with Crippen LogP contribution in [-0.4, -0.2) is 57.1 Å². The third kappa shape index (κ3) is 7.86. The van der Waals surface area contributed by atoms with Crippen molar-refractivity contribution in [1.29, 1.82) is 0 Å². The fraction of sp³-hybridized carbons (Fsp3) is 0.440. The summed E-state index contributed by atoms with van der Waals surface area (Å²) in [6.45, 7) is 5.25. The molecule has 0 saturated carbocycles. The summed E-state index contributed by atoms with van der Waals surface area (Å²) >= 11 is 6.35. The van der Waals surface area contributed by atoms with Crippen LogP contribution in [0.2, 0.25) is 5.02 Å². The van der Waals surface area contributed by atoms with Gasteiger partial charge in [0.25, 0.3) is 0 Å². The number of nitrogens with zero attached hydrogens (tertiary/aromatic N) is 2. The summed E-state index contributed by atoms with van der Waals surface area (Å²) in [5.74, 6) is -0.253. The van der Waals surface area contributed by atoms with Gasteiger partial charge in [-0.25, -0.2) is 8.42 Å². The summed E-state index contributed by atoms with van der Waals surface area (Å²) in [4.78, 5) is 28.2. The number of halogens is 1. The van der Waals surface area contributed by atoms with Gasteiger partial charge in [0.05, 0.1) is 19.1 Å². The lowest BCUT2D eigenvalue weighted by atomic mass is 10.1. The quantitative estimate of drug-likeness (QED) is 0.456. The van der Waals surface area contributed by atoms with Gasteiger partial charge in [0, 0.05) is 17.6 Å². The number of rotatable bonds is 12. The molecule has 2 rings (SSSR count). The number of hydrogen-bond acceptors (Lipinski definition) is 5. The second-order valence-electron chi connectivity index (χ2n) is 8.32. The van der Waals surface area contributed by atoms with Gasteiger partial charge in [0.2, 0.25) is 21.8 Å². The second kappa shape index (κ2) is 12.8. The Balaban J connectivity index is 2.44. The van der Waals surface area contributed by atoms with E-state index < -0.39 is 28.5 Å². The lowest BCUT2D eigenvalue weighted by Gasteiger charge is -2.33. The highest BCUT2D eigenvalue weighted by Gasteiger charge is 2.32. The summed E-state index contributed by atoms with van der Waals surface area (Å²) < 4.78 is 31.4.